The van der Waals surface area contributed by atoms with Gasteiger partial charge in [-0.25, -0.2) is 4.79 Å². The first-order valence-electron chi connectivity index (χ1n) is 9.48. The van der Waals surface area contributed by atoms with Gasteiger partial charge in [0, 0.05) is 17.6 Å². The first-order chi connectivity index (χ1) is 13.5. The van der Waals surface area contributed by atoms with Crippen molar-refractivity contribution in [3.8, 4) is 0 Å². The number of carbonyl (C=O) groups is 3. The number of aryl methyl sites for hydroxylation is 1. The van der Waals surface area contributed by atoms with E-state index in [0.29, 0.717) is 11.3 Å². The molecule has 2 aromatic rings. The van der Waals surface area contributed by atoms with Crippen molar-refractivity contribution in [2.45, 2.75) is 45.6 Å². The molecule has 7 heteroatoms. The minimum atomic E-state index is -1.21. The Labute approximate surface area is 170 Å². The SMILES string of the molecule is Cc1cc(NC(=O)CN2C(=O)NC(C)(c3ccc(C(C)(C)C)cc3)C2=O)ccn1. The largest absolute Gasteiger partial charge is 0.325 e. The molecule has 0 saturated carbocycles. The Kier molecular flexibility index (Phi) is 5.17. The number of hydrogen-bond donors (Lipinski definition) is 2. The van der Waals surface area contributed by atoms with Crippen molar-refractivity contribution in [3.63, 3.8) is 0 Å². The van der Waals surface area contributed by atoms with Crippen LogP contribution in [0, 0.1) is 6.92 Å². The predicted octanol–water partition coefficient (Wildman–Crippen LogP) is 3.09. The Balaban J connectivity index is 1.75. The summed E-state index contributed by atoms with van der Waals surface area (Å²) in [5.74, 6) is -0.904. The maximum atomic E-state index is 13.0. The molecule has 0 radical (unpaired) electrons. The lowest BCUT2D eigenvalue weighted by molar-refractivity contribution is -0.133. The van der Waals surface area contributed by atoms with Crippen molar-refractivity contribution < 1.29 is 14.4 Å². The molecule has 1 fully saturated rings. The third kappa shape index (κ3) is 4.13. The summed E-state index contributed by atoms with van der Waals surface area (Å²) >= 11 is 0. The second-order valence-electron chi connectivity index (χ2n) is 8.51. The van der Waals surface area contributed by atoms with Gasteiger partial charge in [0.2, 0.25) is 5.91 Å². The van der Waals surface area contributed by atoms with E-state index in [1.165, 1.54) is 0 Å². The molecule has 29 heavy (non-hydrogen) atoms. The molecular formula is C22H26N4O3. The van der Waals surface area contributed by atoms with Gasteiger partial charge in [-0.3, -0.25) is 19.5 Å². The van der Waals surface area contributed by atoms with Gasteiger partial charge in [-0.1, -0.05) is 45.0 Å². The molecule has 1 aromatic heterocycles. The molecule has 2 N–H and O–H groups in total. The molecule has 1 unspecified atom stereocenters. The first kappa shape index (κ1) is 20.5. The first-order valence-corrected chi connectivity index (χ1v) is 9.48. The molecule has 1 aliphatic heterocycles. The fourth-order valence-electron chi connectivity index (χ4n) is 3.31. The van der Waals surface area contributed by atoms with Crippen molar-refractivity contribution >= 4 is 23.5 Å². The van der Waals surface area contributed by atoms with Crippen LogP contribution in [0.2, 0.25) is 0 Å². The lowest BCUT2D eigenvalue weighted by Gasteiger charge is -2.24. The number of pyridine rings is 1. The summed E-state index contributed by atoms with van der Waals surface area (Å²) in [6.45, 7) is 9.43. The molecule has 1 aromatic carbocycles. The standard InChI is InChI=1S/C22H26N4O3/c1-14-12-17(10-11-23-14)24-18(27)13-26-19(28)22(5,25-20(26)29)16-8-6-15(7-9-16)21(2,3)4/h6-12H,13H2,1-5H3,(H,25,29)(H,23,24,27). The van der Waals surface area contributed by atoms with Crippen molar-refractivity contribution in [2.75, 3.05) is 11.9 Å². The summed E-state index contributed by atoms with van der Waals surface area (Å²) in [5, 5.41) is 5.42. The molecule has 7 nitrogen and oxygen atoms in total. The maximum Gasteiger partial charge on any atom is 0.325 e. The van der Waals surface area contributed by atoms with Crippen LogP contribution >= 0.6 is 0 Å². The van der Waals surface area contributed by atoms with Crippen LogP contribution in [0.1, 0.15) is 44.5 Å². The quantitative estimate of drug-likeness (QED) is 0.780. The van der Waals surface area contributed by atoms with Gasteiger partial charge >= 0.3 is 6.03 Å². The molecule has 2 heterocycles. The Morgan fingerprint density at radius 1 is 1.17 bits per heavy atom. The van der Waals surface area contributed by atoms with E-state index >= 15 is 0 Å². The van der Waals surface area contributed by atoms with Gasteiger partial charge in [0.05, 0.1) is 0 Å². The van der Waals surface area contributed by atoms with Crippen LogP contribution < -0.4 is 10.6 Å². The van der Waals surface area contributed by atoms with E-state index in [1.807, 2.05) is 31.2 Å². The van der Waals surface area contributed by atoms with Crippen LogP contribution in [-0.2, 0) is 20.5 Å². The Morgan fingerprint density at radius 2 is 1.83 bits per heavy atom. The number of amides is 4. The summed E-state index contributed by atoms with van der Waals surface area (Å²) in [5.41, 5.74) is 1.90. The molecule has 1 aliphatic rings. The van der Waals surface area contributed by atoms with Gasteiger partial charge < -0.3 is 10.6 Å². The molecule has 3 rings (SSSR count). The minimum Gasteiger partial charge on any atom is -0.324 e. The highest BCUT2D eigenvalue weighted by Gasteiger charge is 2.49. The second kappa shape index (κ2) is 7.31. The zero-order chi connectivity index (χ0) is 21.4. The normalized spacial score (nSPS) is 19.3. The predicted molar refractivity (Wildman–Crippen MR) is 110 cm³/mol. The number of hydrogen-bond acceptors (Lipinski definition) is 4. The van der Waals surface area contributed by atoms with Gasteiger partial charge in [-0.2, -0.15) is 0 Å². The Hall–Kier alpha value is -3.22. The van der Waals surface area contributed by atoms with E-state index in [2.05, 4.69) is 36.4 Å². The van der Waals surface area contributed by atoms with Gasteiger partial charge in [0.1, 0.15) is 12.1 Å². The number of rotatable bonds is 4. The summed E-state index contributed by atoms with van der Waals surface area (Å²) in [4.78, 5) is 42.8. The number of imide groups is 1. The van der Waals surface area contributed by atoms with Crippen LogP contribution in [0.25, 0.3) is 0 Å². The number of benzene rings is 1. The third-order valence-corrected chi connectivity index (χ3v) is 5.09. The second-order valence-corrected chi connectivity index (χ2v) is 8.51. The lowest BCUT2D eigenvalue weighted by atomic mass is 9.84. The smallest absolute Gasteiger partial charge is 0.324 e. The average molecular weight is 394 g/mol. The van der Waals surface area contributed by atoms with Gasteiger partial charge in [-0.15, -0.1) is 0 Å². The van der Waals surface area contributed by atoms with Gasteiger partial charge in [-0.05, 0) is 42.5 Å². The number of urea groups is 1. The third-order valence-electron chi connectivity index (χ3n) is 5.09. The summed E-state index contributed by atoms with van der Waals surface area (Å²) < 4.78 is 0. The van der Waals surface area contributed by atoms with E-state index in [1.54, 1.807) is 25.3 Å². The monoisotopic (exact) mass is 394 g/mol. The number of anilines is 1. The molecular weight excluding hydrogens is 368 g/mol. The molecule has 152 valence electrons. The Bertz CT molecular complexity index is 963. The van der Waals surface area contributed by atoms with Gasteiger partial charge in [0.15, 0.2) is 0 Å². The van der Waals surface area contributed by atoms with Crippen molar-refractivity contribution in [1.29, 1.82) is 0 Å². The number of aromatic nitrogens is 1. The van der Waals surface area contributed by atoms with Crippen LogP contribution in [-0.4, -0.2) is 34.3 Å². The van der Waals surface area contributed by atoms with Crippen molar-refractivity contribution in [1.82, 2.24) is 15.2 Å². The maximum absolute atomic E-state index is 13.0. The molecule has 1 saturated heterocycles. The van der Waals surface area contributed by atoms with Gasteiger partial charge in [0.25, 0.3) is 5.91 Å². The van der Waals surface area contributed by atoms with E-state index in [-0.39, 0.29) is 12.0 Å². The average Bonchev–Trinajstić information content (AvgIpc) is 2.85. The summed E-state index contributed by atoms with van der Waals surface area (Å²) in [6.07, 6.45) is 1.58. The van der Waals surface area contributed by atoms with Crippen LogP contribution in [0.3, 0.4) is 0 Å². The topological polar surface area (TPSA) is 91.4 Å². The number of nitrogens with one attached hydrogen (secondary N) is 2. The molecule has 0 bridgehead atoms. The zero-order valence-corrected chi connectivity index (χ0v) is 17.4. The Morgan fingerprint density at radius 3 is 2.41 bits per heavy atom. The number of carbonyl (C=O) groups excluding carboxylic acids is 3. The highest BCUT2D eigenvalue weighted by atomic mass is 16.2. The highest BCUT2D eigenvalue weighted by molar-refractivity contribution is 6.10. The van der Waals surface area contributed by atoms with E-state index in [9.17, 15) is 14.4 Å². The fourth-order valence-corrected chi connectivity index (χ4v) is 3.31. The van der Waals surface area contributed by atoms with Crippen molar-refractivity contribution in [2.24, 2.45) is 0 Å². The molecule has 0 aliphatic carbocycles. The minimum absolute atomic E-state index is 0.0161. The highest BCUT2D eigenvalue weighted by Crippen LogP contribution is 2.31. The van der Waals surface area contributed by atoms with Crippen LogP contribution in [0.4, 0.5) is 10.5 Å². The van der Waals surface area contributed by atoms with Crippen LogP contribution in [0.5, 0.6) is 0 Å². The molecule has 1 atom stereocenters. The molecule has 4 amide bonds. The molecule has 0 spiro atoms. The summed E-state index contributed by atoms with van der Waals surface area (Å²) in [6, 6.07) is 10.4. The van der Waals surface area contributed by atoms with Crippen molar-refractivity contribution in [3.05, 3.63) is 59.4 Å². The van der Waals surface area contributed by atoms with Crippen LogP contribution in [0.15, 0.2) is 42.6 Å². The number of nitrogens with zero attached hydrogens (tertiary/aromatic N) is 2. The van der Waals surface area contributed by atoms with E-state index in [0.717, 1.165) is 16.2 Å². The lowest BCUT2D eigenvalue weighted by Crippen LogP contribution is -2.42. The zero-order valence-electron chi connectivity index (χ0n) is 17.4. The summed E-state index contributed by atoms with van der Waals surface area (Å²) in [7, 11) is 0. The fraction of sp³-hybridized carbons (Fsp3) is 0.364. The van der Waals surface area contributed by atoms with E-state index < -0.39 is 23.4 Å². The van der Waals surface area contributed by atoms with E-state index in [4.69, 9.17) is 0 Å².